The predicted molar refractivity (Wildman–Crippen MR) is 53.5 cm³/mol. The van der Waals surface area contributed by atoms with E-state index in [1.165, 1.54) is 37.7 Å². The van der Waals surface area contributed by atoms with E-state index in [1.807, 2.05) is 0 Å². The summed E-state index contributed by atoms with van der Waals surface area (Å²) in [6.45, 7) is 3.57. The van der Waals surface area contributed by atoms with Crippen molar-refractivity contribution in [1.82, 2.24) is 13.6 Å². The number of nitrogens with zero attached hydrogens (tertiary/aromatic N) is 3. The van der Waals surface area contributed by atoms with Crippen molar-refractivity contribution < 1.29 is 4.74 Å². The third-order valence-corrected chi connectivity index (χ3v) is 3.67. The summed E-state index contributed by atoms with van der Waals surface area (Å²) in [5.41, 5.74) is 0. The lowest BCUT2D eigenvalue weighted by atomic mass is 9.86. The van der Waals surface area contributed by atoms with Crippen molar-refractivity contribution in [1.29, 1.82) is 0 Å². The van der Waals surface area contributed by atoms with Gasteiger partial charge in [-0.05, 0) is 31.8 Å². The van der Waals surface area contributed by atoms with Gasteiger partial charge in [0, 0.05) is 6.54 Å². The summed E-state index contributed by atoms with van der Waals surface area (Å²) in [5.74, 6) is 1.44. The van der Waals surface area contributed by atoms with Gasteiger partial charge in [-0.3, -0.25) is 4.90 Å². The van der Waals surface area contributed by atoms with Crippen LogP contribution in [0.3, 0.4) is 0 Å². The van der Waals surface area contributed by atoms with Crippen molar-refractivity contribution in [2.75, 3.05) is 19.6 Å². The van der Waals surface area contributed by atoms with Gasteiger partial charge in [0.2, 0.25) is 5.88 Å². The molecule has 1 atom stereocenters. The lowest BCUT2D eigenvalue weighted by Gasteiger charge is -2.43. The van der Waals surface area contributed by atoms with Gasteiger partial charge in [-0.1, -0.05) is 0 Å². The molecule has 14 heavy (non-hydrogen) atoms. The maximum absolute atomic E-state index is 5.82. The molecule has 0 saturated carbocycles. The first kappa shape index (κ1) is 8.61. The molecule has 76 valence electrons. The van der Waals surface area contributed by atoms with E-state index in [2.05, 4.69) is 13.6 Å². The number of fused-ring (bicyclic) bond motifs is 3. The van der Waals surface area contributed by atoms with Crippen LogP contribution in [0.1, 0.15) is 12.8 Å². The van der Waals surface area contributed by atoms with Crippen LogP contribution >= 0.6 is 11.7 Å². The zero-order chi connectivity index (χ0) is 9.38. The van der Waals surface area contributed by atoms with Gasteiger partial charge in [0.1, 0.15) is 12.3 Å². The molecule has 0 unspecified atom stereocenters. The normalized spacial score (nSPS) is 35.9. The Balaban J connectivity index is 1.68. The minimum Gasteiger partial charge on any atom is -0.471 e. The van der Waals surface area contributed by atoms with Gasteiger partial charge in [0.05, 0.1) is 11.7 Å². The fourth-order valence-corrected chi connectivity index (χ4v) is 2.76. The molecular formula is C9H13N3OS. The average molecular weight is 211 g/mol. The Labute approximate surface area is 87.2 Å². The zero-order valence-electron chi connectivity index (χ0n) is 7.93. The van der Waals surface area contributed by atoms with Crippen LogP contribution < -0.4 is 4.74 Å². The van der Waals surface area contributed by atoms with Crippen molar-refractivity contribution >= 4 is 11.7 Å². The highest BCUT2D eigenvalue weighted by Crippen LogP contribution is 2.30. The number of ether oxygens (including phenoxy) is 1. The summed E-state index contributed by atoms with van der Waals surface area (Å²) in [4.78, 5) is 2.48. The highest BCUT2D eigenvalue weighted by molar-refractivity contribution is 6.99. The van der Waals surface area contributed by atoms with E-state index in [9.17, 15) is 0 Å². The Morgan fingerprint density at radius 1 is 1.43 bits per heavy atom. The van der Waals surface area contributed by atoms with E-state index in [1.54, 1.807) is 6.20 Å². The summed E-state index contributed by atoms with van der Waals surface area (Å²) in [7, 11) is 0. The molecular weight excluding hydrogens is 198 g/mol. The molecule has 3 aliphatic heterocycles. The molecule has 4 rings (SSSR count). The molecule has 0 spiro atoms. The van der Waals surface area contributed by atoms with Crippen molar-refractivity contribution in [3.05, 3.63) is 6.20 Å². The second kappa shape index (κ2) is 3.47. The molecule has 0 aromatic carbocycles. The minimum absolute atomic E-state index is 0.349. The molecule has 0 amide bonds. The quantitative estimate of drug-likeness (QED) is 0.732. The summed E-state index contributed by atoms with van der Waals surface area (Å²) in [6, 6.07) is 0. The number of aromatic nitrogens is 2. The SMILES string of the molecule is c1nsnc1O[C@H]1CN2CCC1CC2. The van der Waals surface area contributed by atoms with Gasteiger partial charge in [0.25, 0.3) is 0 Å². The van der Waals surface area contributed by atoms with Crippen LogP contribution in [0.5, 0.6) is 5.88 Å². The van der Waals surface area contributed by atoms with E-state index in [-0.39, 0.29) is 0 Å². The molecule has 3 saturated heterocycles. The van der Waals surface area contributed by atoms with E-state index in [4.69, 9.17) is 4.74 Å². The molecule has 5 heteroatoms. The van der Waals surface area contributed by atoms with Gasteiger partial charge in [-0.25, -0.2) is 0 Å². The third kappa shape index (κ3) is 1.50. The zero-order valence-corrected chi connectivity index (χ0v) is 8.74. The van der Waals surface area contributed by atoms with Crippen LogP contribution in [-0.4, -0.2) is 39.4 Å². The smallest absolute Gasteiger partial charge is 0.246 e. The molecule has 3 fully saturated rings. The average Bonchev–Trinajstić information content (AvgIpc) is 2.72. The van der Waals surface area contributed by atoms with Crippen LogP contribution in [0.15, 0.2) is 6.20 Å². The summed E-state index contributed by atoms with van der Waals surface area (Å²) >= 11 is 1.21. The van der Waals surface area contributed by atoms with E-state index in [0.717, 1.165) is 12.5 Å². The first-order chi connectivity index (χ1) is 6.92. The van der Waals surface area contributed by atoms with Crippen LogP contribution in [0.25, 0.3) is 0 Å². The van der Waals surface area contributed by atoms with Crippen LogP contribution in [0, 0.1) is 5.92 Å². The molecule has 0 N–H and O–H groups in total. The van der Waals surface area contributed by atoms with Gasteiger partial charge in [0.15, 0.2) is 0 Å². The lowest BCUT2D eigenvalue weighted by molar-refractivity contribution is -0.00955. The molecule has 4 heterocycles. The first-order valence-corrected chi connectivity index (χ1v) is 5.81. The van der Waals surface area contributed by atoms with Crippen LogP contribution in [0.4, 0.5) is 0 Å². The fourth-order valence-electron chi connectivity index (χ4n) is 2.41. The van der Waals surface area contributed by atoms with Gasteiger partial charge in [-0.2, -0.15) is 4.37 Å². The lowest BCUT2D eigenvalue weighted by Crippen LogP contribution is -2.52. The molecule has 2 bridgehead atoms. The number of piperidine rings is 3. The summed E-state index contributed by atoms with van der Waals surface area (Å²) < 4.78 is 13.8. The van der Waals surface area contributed by atoms with Gasteiger partial charge < -0.3 is 4.74 Å². The monoisotopic (exact) mass is 211 g/mol. The third-order valence-electron chi connectivity index (χ3n) is 3.21. The Bertz CT molecular complexity index is 295. The highest BCUT2D eigenvalue weighted by Gasteiger charge is 2.35. The standard InChI is InChI=1S/C9H13N3OS/c1-3-12-4-2-7(1)8(6-12)13-9-5-10-14-11-9/h5,7-8H,1-4,6H2/t8-/m0/s1. The molecule has 0 aliphatic carbocycles. The van der Waals surface area contributed by atoms with Crippen LogP contribution in [-0.2, 0) is 0 Å². The Morgan fingerprint density at radius 2 is 2.29 bits per heavy atom. The number of hydrogen-bond donors (Lipinski definition) is 0. The second-order valence-corrected chi connectivity index (χ2v) is 4.60. The Kier molecular flexibility index (Phi) is 2.14. The van der Waals surface area contributed by atoms with Crippen LogP contribution in [0.2, 0.25) is 0 Å². The number of rotatable bonds is 2. The molecule has 1 aromatic rings. The maximum atomic E-state index is 5.82. The van der Waals surface area contributed by atoms with Crippen molar-refractivity contribution in [3.8, 4) is 5.88 Å². The minimum atomic E-state index is 0.349. The van der Waals surface area contributed by atoms with Crippen molar-refractivity contribution in [3.63, 3.8) is 0 Å². The second-order valence-electron chi connectivity index (χ2n) is 4.04. The van der Waals surface area contributed by atoms with Crippen molar-refractivity contribution in [2.24, 2.45) is 5.92 Å². The Hall–Kier alpha value is -0.680. The van der Waals surface area contributed by atoms with Crippen molar-refractivity contribution in [2.45, 2.75) is 18.9 Å². The van der Waals surface area contributed by atoms with E-state index >= 15 is 0 Å². The first-order valence-electron chi connectivity index (χ1n) is 5.08. The predicted octanol–water partition coefficient (Wildman–Crippen LogP) is 1.01. The fraction of sp³-hybridized carbons (Fsp3) is 0.778. The maximum Gasteiger partial charge on any atom is 0.246 e. The van der Waals surface area contributed by atoms with E-state index < -0.39 is 0 Å². The topological polar surface area (TPSA) is 38.3 Å². The molecule has 4 nitrogen and oxygen atoms in total. The summed E-state index contributed by atoms with van der Waals surface area (Å²) in [5, 5.41) is 0. The summed E-state index contributed by atoms with van der Waals surface area (Å²) in [6.07, 6.45) is 4.62. The van der Waals surface area contributed by atoms with E-state index in [0.29, 0.717) is 12.0 Å². The molecule has 0 radical (unpaired) electrons. The van der Waals surface area contributed by atoms with Gasteiger partial charge in [-0.15, -0.1) is 4.37 Å². The largest absolute Gasteiger partial charge is 0.471 e. The Morgan fingerprint density at radius 3 is 2.86 bits per heavy atom. The number of hydrogen-bond acceptors (Lipinski definition) is 5. The van der Waals surface area contributed by atoms with Gasteiger partial charge >= 0.3 is 0 Å². The molecule has 1 aromatic heterocycles. The highest BCUT2D eigenvalue weighted by atomic mass is 32.1. The molecule has 3 aliphatic rings.